The molecule has 2 aromatic carbocycles. The average Bonchev–Trinajstić information content (AvgIpc) is 3.27. The van der Waals surface area contributed by atoms with E-state index in [2.05, 4.69) is 124 Å². The molecule has 1 atom stereocenters. The van der Waals surface area contributed by atoms with Crippen LogP contribution in [0.1, 0.15) is 84.8 Å². The highest BCUT2D eigenvalue weighted by Crippen LogP contribution is 2.48. The summed E-state index contributed by atoms with van der Waals surface area (Å²) in [6, 6.07) is 18.1. The Bertz CT molecular complexity index is 1340. The van der Waals surface area contributed by atoms with Gasteiger partial charge in [-0.3, -0.25) is 0 Å². The number of anilines is 2. The molecule has 2 aromatic rings. The molecule has 1 unspecified atom stereocenters. The Morgan fingerprint density at radius 3 is 2.23 bits per heavy atom. The zero-order chi connectivity index (χ0) is 27.8. The molecule has 0 saturated heterocycles. The van der Waals surface area contributed by atoms with Crippen molar-refractivity contribution >= 4 is 23.0 Å². The summed E-state index contributed by atoms with van der Waals surface area (Å²) in [4.78, 5) is 5.10. The van der Waals surface area contributed by atoms with Crippen LogP contribution in [0.2, 0.25) is 0 Å². The number of fused-ring (bicyclic) bond motifs is 2. The van der Waals surface area contributed by atoms with E-state index in [4.69, 9.17) is 11.6 Å². The van der Waals surface area contributed by atoms with Crippen molar-refractivity contribution in [3.63, 3.8) is 0 Å². The minimum absolute atomic E-state index is 0.0256. The van der Waals surface area contributed by atoms with E-state index in [0.29, 0.717) is 6.04 Å². The molecule has 0 fully saturated rings. The van der Waals surface area contributed by atoms with Crippen LogP contribution in [-0.2, 0) is 10.8 Å². The number of hydrogen-bond donors (Lipinski definition) is 0. The van der Waals surface area contributed by atoms with Gasteiger partial charge in [-0.15, -0.1) is 0 Å². The number of hydrogen-bond acceptors (Lipinski definition) is 2. The smallest absolute Gasteiger partial charge is 0.0568 e. The molecule has 206 valence electrons. The zero-order valence-corrected chi connectivity index (χ0v) is 25.5. The van der Waals surface area contributed by atoms with Crippen molar-refractivity contribution in [3.8, 4) is 0 Å². The Morgan fingerprint density at radius 2 is 1.51 bits per heavy atom. The Labute approximate surface area is 241 Å². The highest BCUT2D eigenvalue weighted by molar-refractivity contribution is 6.32. The molecule has 2 aliphatic heterocycles. The van der Waals surface area contributed by atoms with Crippen molar-refractivity contribution < 1.29 is 0 Å². The summed E-state index contributed by atoms with van der Waals surface area (Å²) in [5.41, 5.74) is 9.51. The Kier molecular flexibility index (Phi) is 7.89. The van der Waals surface area contributed by atoms with Crippen LogP contribution in [-0.4, -0.2) is 19.1 Å². The van der Waals surface area contributed by atoms with Gasteiger partial charge in [0.05, 0.1) is 6.04 Å². The number of allylic oxidation sites excluding steroid dienone is 7. The molecule has 39 heavy (non-hydrogen) atoms. The summed E-state index contributed by atoms with van der Waals surface area (Å²) in [6.45, 7) is 16.1. The predicted molar refractivity (Wildman–Crippen MR) is 170 cm³/mol. The molecule has 3 heteroatoms. The van der Waals surface area contributed by atoms with Crippen LogP contribution in [0.3, 0.4) is 0 Å². The van der Waals surface area contributed by atoms with E-state index in [1.54, 1.807) is 0 Å². The van der Waals surface area contributed by atoms with E-state index in [1.165, 1.54) is 39.3 Å². The lowest BCUT2D eigenvalue weighted by molar-refractivity contribution is 0.473. The summed E-state index contributed by atoms with van der Waals surface area (Å²) in [5.74, 6) is 0. The van der Waals surface area contributed by atoms with Gasteiger partial charge in [-0.1, -0.05) is 108 Å². The van der Waals surface area contributed by atoms with E-state index in [9.17, 15) is 0 Å². The van der Waals surface area contributed by atoms with Crippen LogP contribution in [0.15, 0.2) is 94.7 Å². The highest BCUT2D eigenvalue weighted by Gasteiger charge is 2.42. The van der Waals surface area contributed by atoms with Crippen molar-refractivity contribution in [2.75, 3.05) is 22.9 Å². The monoisotopic (exact) mass is 540 g/mol. The first-order valence-corrected chi connectivity index (χ1v) is 15.3. The van der Waals surface area contributed by atoms with Crippen LogP contribution in [0.4, 0.5) is 11.4 Å². The van der Waals surface area contributed by atoms with Crippen LogP contribution < -0.4 is 9.80 Å². The Hall–Kier alpha value is -2.71. The van der Waals surface area contributed by atoms with Gasteiger partial charge in [0.25, 0.3) is 0 Å². The maximum absolute atomic E-state index is 7.14. The third-order valence-electron chi connectivity index (χ3n) is 9.07. The molecule has 0 N–H and O–H groups in total. The van der Waals surface area contributed by atoms with E-state index in [-0.39, 0.29) is 10.8 Å². The Morgan fingerprint density at radius 1 is 0.846 bits per heavy atom. The van der Waals surface area contributed by atoms with Crippen molar-refractivity contribution in [2.45, 2.75) is 90.5 Å². The molecular formula is C36H45ClN2. The molecular weight excluding hydrogens is 496 g/mol. The quantitative estimate of drug-likeness (QED) is 0.344. The van der Waals surface area contributed by atoms with Gasteiger partial charge < -0.3 is 9.80 Å². The zero-order valence-electron chi connectivity index (χ0n) is 24.7. The van der Waals surface area contributed by atoms with Crippen LogP contribution in [0, 0.1) is 0 Å². The second-order valence-electron chi connectivity index (χ2n) is 12.5. The number of nitrogens with zero attached hydrogens (tertiary/aromatic N) is 2. The molecule has 3 aliphatic rings. The van der Waals surface area contributed by atoms with Crippen molar-refractivity contribution in [1.82, 2.24) is 0 Å². The maximum atomic E-state index is 7.14. The lowest BCUT2D eigenvalue weighted by atomic mass is 9.80. The molecule has 1 aliphatic carbocycles. The SMILES string of the molecule is CCCN1/C(=C\C=C2/CCCC(/C=C/C3N(CCC)c4ccccc4C3(C)C)=C2Cl)C(C)(C)c2ccccc21. The van der Waals surface area contributed by atoms with E-state index >= 15 is 0 Å². The second kappa shape index (κ2) is 11.0. The third-order valence-corrected chi connectivity index (χ3v) is 9.56. The van der Waals surface area contributed by atoms with Gasteiger partial charge in [0.1, 0.15) is 0 Å². The Balaban J connectivity index is 1.46. The summed E-state index contributed by atoms with van der Waals surface area (Å²) >= 11 is 7.14. The second-order valence-corrected chi connectivity index (χ2v) is 12.8. The minimum atomic E-state index is -0.0256. The first kappa shape index (κ1) is 27.8. The lowest BCUT2D eigenvalue weighted by Crippen LogP contribution is -2.40. The normalized spacial score (nSPS) is 23.8. The van der Waals surface area contributed by atoms with Crippen molar-refractivity contribution in [3.05, 3.63) is 106 Å². The van der Waals surface area contributed by atoms with Crippen LogP contribution >= 0.6 is 11.6 Å². The van der Waals surface area contributed by atoms with Gasteiger partial charge in [0, 0.05) is 46.0 Å². The minimum Gasteiger partial charge on any atom is -0.364 e. The van der Waals surface area contributed by atoms with Crippen molar-refractivity contribution in [1.29, 1.82) is 0 Å². The molecule has 2 nitrogen and oxygen atoms in total. The fraction of sp³-hybridized carbons (Fsp3) is 0.444. The molecule has 0 radical (unpaired) electrons. The molecule has 0 bridgehead atoms. The molecule has 0 amide bonds. The average molecular weight is 541 g/mol. The molecule has 0 saturated carbocycles. The van der Waals surface area contributed by atoms with Gasteiger partial charge in [-0.05, 0) is 72.6 Å². The number of benzene rings is 2. The topological polar surface area (TPSA) is 6.48 Å². The first-order chi connectivity index (χ1) is 18.7. The van der Waals surface area contributed by atoms with Crippen molar-refractivity contribution in [2.24, 2.45) is 0 Å². The summed E-state index contributed by atoms with van der Waals surface area (Å²) in [6.07, 6.45) is 14.9. The number of para-hydroxylation sites is 2. The molecule has 5 rings (SSSR count). The van der Waals surface area contributed by atoms with Crippen LogP contribution in [0.25, 0.3) is 0 Å². The molecule has 0 spiro atoms. The largest absolute Gasteiger partial charge is 0.364 e. The van der Waals surface area contributed by atoms with Gasteiger partial charge in [-0.2, -0.15) is 0 Å². The van der Waals surface area contributed by atoms with Gasteiger partial charge >= 0.3 is 0 Å². The van der Waals surface area contributed by atoms with Gasteiger partial charge in [0.2, 0.25) is 0 Å². The van der Waals surface area contributed by atoms with Crippen LogP contribution in [0.5, 0.6) is 0 Å². The fourth-order valence-corrected chi connectivity index (χ4v) is 7.33. The standard InChI is InChI=1S/C36H45ClN2/c1-7-24-38-30-18-11-9-16-28(30)35(3,4)32(38)22-20-26-14-13-15-27(34(26)37)21-23-33-36(5,6)29-17-10-12-19-31(29)39(33)25-8-2/h9-12,16-23,32H,7-8,13-15,24-25H2,1-6H3/b22-20+,27-21+,33-23-. The third kappa shape index (κ3) is 4.91. The fourth-order valence-electron chi connectivity index (χ4n) is 7.01. The summed E-state index contributed by atoms with van der Waals surface area (Å²) < 4.78 is 0. The highest BCUT2D eigenvalue weighted by atomic mass is 35.5. The van der Waals surface area contributed by atoms with Gasteiger partial charge in [0.15, 0.2) is 0 Å². The van der Waals surface area contributed by atoms with Gasteiger partial charge in [-0.25, -0.2) is 0 Å². The first-order valence-electron chi connectivity index (χ1n) is 14.9. The van der Waals surface area contributed by atoms with E-state index in [1.807, 2.05) is 0 Å². The number of halogens is 1. The predicted octanol–water partition coefficient (Wildman–Crippen LogP) is 9.81. The maximum Gasteiger partial charge on any atom is 0.0568 e. The number of rotatable bonds is 7. The molecule has 0 aromatic heterocycles. The van der Waals surface area contributed by atoms with E-state index < -0.39 is 0 Å². The summed E-state index contributed by atoms with van der Waals surface area (Å²) in [7, 11) is 0. The summed E-state index contributed by atoms with van der Waals surface area (Å²) in [5, 5.41) is 0.945. The lowest BCUT2D eigenvalue weighted by Gasteiger charge is -2.32. The van der Waals surface area contributed by atoms with E-state index in [0.717, 1.165) is 50.2 Å². The molecule has 2 heterocycles.